The van der Waals surface area contributed by atoms with Crippen LogP contribution in [0.1, 0.15) is 45.1 Å². The number of hydrogen-bond acceptors (Lipinski definition) is 4. The Morgan fingerprint density at radius 1 is 1.23 bits per heavy atom. The van der Waals surface area contributed by atoms with Gasteiger partial charge in [-0.05, 0) is 49.8 Å². The van der Waals surface area contributed by atoms with Crippen molar-refractivity contribution < 1.29 is 19.4 Å². The Kier molecular flexibility index (Phi) is 8.34. The van der Waals surface area contributed by atoms with Crippen molar-refractivity contribution >= 4 is 22.9 Å². The summed E-state index contributed by atoms with van der Waals surface area (Å²) < 4.78 is 7.49. The van der Waals surface area contributed by atoms with E-state index in [9.17, 15) is 14.7 Å². The number of likely N-dealkylation sites (tertiary alicyclic amines) is 1. The highest BCUT2D eigenvalue weighted by atomic mass is 16.5. The maximum Gasteiger partial charge on any atom is 0.407 e. The summed E-state index contributed by atoms with van der Waals surface area (Å²) >= 11 is 0. The number of rotatable bonds is 11. The summed E-state index contributed by atoms with van der Waals surface area (Å²) in [4.78, 5) is 29.1. The monoisotopic (exact) mass is 484 g/mol. The molecular weight excluding hydrogens is 444 g/mol. The first-order chi connectivity index (χ1) is 16.9. The number of piperidine rings is 1. The van der Waals surface area contributed by atoms with Gasteiger partial charge in [0.15, 0.2) is 0 Å². The third kappa shape index (κ3) is 6.35. The molecule has 2 aliphatic rings. The maximum absolute atomic E-state index is 13.8. The number of benzene rings is 1. The van der Waals surface area contributed by atoms with E-state index in [0.29, 0.717) is 32.0 Å². The summed E-state index contributed by atoms with van der Waals surface area (Å²) in [5, 5.41) is 14.4. The summed E-state index contributed by atoms with van der Waals surface area (Å²) in [5.41, 5.74) is 2.33. The first kappa shape index (κ1) is 25.5. The van der Waals surface area contributed by atoms with Crippen molar-refractivity contribution in [2.45, 2.75) is 64.7 Å². The van der Waals surface area contributed by atoms with Crippen molar-refractivity contribution in [1.82, 2.24) is 19.7 Å². The van der Waals surface area contributed by atoms with Crippen LogP contribution in [0.4, 0.5) is 4.79 Å². The quantitative estimate of drug-likeness (QED) is 0.474. The normalized spacial score (nSPS) is 20.5. The molecule has 1 aliphatic heterocycles. The molecule has 2 heterocycles. The molecule has 1 aromatic heterocycles. The number of carbonyl (C=O) groups is 2. The molecule has 0 spiro atoms. The first-order valence-corrected chi connectivity index (χ1v) is 12.9. The van der Waals surface area contributed by atoms with E-state index in [1.807, 2.05) is 11.0 Å². The molecule has 1 saturated heterocycles. The second-order valence-corrected chi connectivity index (χ2v) is 10.5. The predicted octanol–water partition coefficient (Wildman–Crippen LogP) is 3.78. The summed E-state index contributed by atoms with van der Waals surface area (Å²) in [7, 11) is 1.72. The fourth-order valence-corrected chi connectivity index (χ4v) is 5.19. The van der Waals surface area contributed by atoms with Gasteiger partial charge in [-0.15, -0.1) is 0 Å². The standard InChI is InChI=1S/C27H40N4O4/c1-19(2)14-28-22-13-20(15-30(18-22)27(33)34)26(32)31(23-9-10-23)17-21-16-29(11-6-12-35-3)25-8-5-4-7-24(21)25/h4-5,7-8,16,19-20,22-23,28H,6,9-15,17-18H2,1-3H3,(H,33,34)/t20-,22+/m1/s1. The smallest absolute Gasteiger partial charge is 0.407 e. The number of amides is 2. The molecule has 35 heavy (non-hydrogen) atoms. The fourth-order valence-electron chi connectivity index (χ4n) is 5.19. The SMILES string of the molecule is COCCCn1cc(CN(C(=O)[C@@H]2C[C@H](NCC(C)C)CN(C(=O)O)C2)C2CC2)c2ccccc21. The summed E-state index contributed by atoms with van der Waals surface area (Å²) in [6.07, 6.45) is 4.87. The zero-order valence-electron chi connectivity index (χ0n) is 21.3. The van der Waals surface area contributed by atoms with Gasteiger partial charge in [-0.1, -0.05) is 32.0 Å². The van der Waals surface area contributed by atoms with Crippen molar-refractivity contribution in [2.75, 3.05) is 33.4 Å². The van der Waals surface area contributed by atoms with Gasteiger partial charge in [-0.3, -0.25) is 4.79 Å². The molecule has 2 atom stereocenters. The Morgan fingerprint density at radius 2 is 2.00 bits per heavy atom. The minimum absolute atomic E-state index is 0.0000451. The van der Waals surface area contributed by atoms with Crippen LogP contribution < -0.4 is 5.32 Å². The zero-order valence-corrected chi connectivity index (χ0v) is 21.3. The summed E-state index contributed by atoms with van der Waals surface area (Å²) in [5.74, 6) is 0.236. The second-order valence-electron chi connectivity index (χ2n) is 10.5. The van der Waals surface area contributed by atoms with Crippen LogP contribution in [-0.2, 0) is 22.6 Å². The minimum atomic E-state index is -0.948. The highest BCUT2D eigenvalue weighted by molar-refractivity contribution is 5.85. The van der Waals surface area contributed by atoms with Crippen LogP contribution in [0.3, 0.4) is 0 Å². The Hall–Kier alpha value is -2.58. The molecular formula is C27H40N4O4. The average Bonchev–Trinajstić information content (AvgIpc) is 3.63. The summed E-state index contributed by atoms with van der Waals surface area (Å²) in [6, 6.07) is 8.61. The molecule has 1 aliphatic carbocycles. The van der Waals surface area contributed by atoms with Gasteiger partial charge in [-0.25, -0.2) is 4.79 Å². The van der Waals surface area contributed by atoms with Gasteiger partial charge < -0.3 is 29.5 Å². The molecule has 0 bridgehead atoms. The van der Waals surface area contributed by atoms with Crippen molar-refractivity contribution in [2.24, 2.45) is 11.8 Å². The highest BCUT2D eigenvalue weighted by Crippen LogP contribution is 2.33. The van der Waals surface area contributed by atoms with Crippen molar-refractivity contribution in [3.8, 4) is 0 Å². The van der Waals surface area contributed by atoms with E-state index in [0.717, 1.165) is 37.9 Å². The molecule has 1 saturated carbocycles. The van der Waals surface area contributed by atoms with Crippen LogP contribution in [-0.4, -0.2) is 76.9 Å². The minimum Gasteiger partial charge on any atom is -0.465 e. The van der Waals surface area contributed by atoms with Gasteiger partial charge in [0.05, 0.1) is 5.92 Å². The molecule has 0 unspecified atom stereocenters. The number of nitrogens with zero attached hydrogens (tertiary/aromatic N) is 3. The molecule has 2 N–H and O–H groups in total. The van der Waals surface area contributed by atoms with Crippen molar-refractivity contribution in [3.05, 3.63) is 36.0 Å². The molecule has 192 valence electrons. The number of aryl methyl sites for hydroxylation is 1. The number of hydrogen-bond donors (Lipinski definition) is 2. The molecule has 4 rings (SSSR count). The van der Waals surface area contributed by atoms with Crippen LogP contribution in [0.15, 0.2) is 30.5 Å². The van der Waals surface area contributed by atoms with Crippen molar-refractivity contribution in [1.29, 1.82) is 0 Å². The van der Waals surface area contributed by atoms with Gasteiger partial charge in [0, 0.05) is 69.1 Å². The lowest BCUT2D eigenvalue weighted by Crippen LogP contribution is -2.55. The number of ether oxygens (including phenoxy) is 1. The third-order valence-electron chi connectivity index (χ3n) is 7.12. The van der Waals surface area contributed by atoms with Crippen LogP contribution in [0.2, 0.25) is 0 Å². The average molecular weight is 485 g/mol. The van der Waals surface area contributed by atoms with E-state index < -0.39 is 6.09 Å². The number of para-hydroxylation sites is 1. The third-order valence-corrected chi connectivity index (χ3v) is 7.12. The molecule has 8 heteroatoms. The molecule has 1 aromatic carbocycles. The number of methoxy groups -OCH3 is 1. The van der Waals surface area contributed by atoms with Gasteiger partial charge in [0.25, 0.3) is 0 Å². The van der Waals surface area contributed by atoms with Crippen LogP contribution >= 0.6 is 0 Å². The van der Waals surface area contributed by atoms with E-state index in [1.54, 1.807) is 7.11 Å². The molecule has 8 nitrogen and oxygen atoms in total. The second kappa shape index (κ2) is 11.4. The Bertz CT molecular complexity index is 1020. The number of fused-ring (bicyclic) bond motifs is 1. The van der Waals surface area contributed by atoms with E-state index >= 15 is 0 Å². The number of carbonyl (C=O) groups excluding carboxylic acids is 1. The lowest BCUT2D eigenvalue weighted by atomic mass is 9.92. The maximum atomic E-state index is 13.8. The zero-order chi connectivity index (χ0) is 24.9. The van der Waals surface area contributed by atoms with Gasteiger partial charge in [0.2, 0.25) is 5.91 Å². The van der Waals surface area contributed by atoms with E-state index in [2.05, 4.69) is 48.1 Å². The van der Waals surface area contributed by atoms with E-state index in [-0.39, 0.29) is 30.5 Å². The molecule has 2 amide bonds. The van der Waals surface area contributed by atoms with Gasteiger partial charge in [-0.2, -0.15) is 0 Å². The molecule has 2 aromatic rings. The topological polar surface area (TPSA) is 87.0 Å². The fraction of sp³-hybridized carbons (Fsp3) is 0.630. The number of carboxylic acid groups (broad SMARTS) is 1. The number of nitrogens with one attached hydrogen (secondary N) is 1. The van der Waals surface area contributed by atoms with Gasteiger partial charge in [0.1, 0.15) is 0 Å². The lowest BCUT2D eigenvalue weighted by Gasteiger charge is -2.38. The molecule has 2 fully saturated rings. The van der Waals surface area contributed by atoms with Crippen LogP contribution in [0.25, 0.3) is 10.9 Å². The highest BCUT2D eigenvalue weighted by Gasteiger charge is 2.40. The number of aromatic nitrogens is 1. The Labute approximate surface area is 208 Å². The molecule has 0 radical (unpaired) electrons. The Morgan fingerprint density at radius 3 is 2.69 bits per heavy atom. The largest absolute Gasteiger partial charge is 0.465 e. The van der Waals surface area contributed by atoms with E-state index in [4.69, 9.17) is 4.74 Å². The predicted molar refractivity (Wildman–Crippen MR) is 136 cm³/mol. The Balaban J connectivity index is 1.53. The first-order valence-electron chi connectivity index (χ1n) is 12.9. The van der Waals surface area contributed by atoms with Gasteiger partial charge >= 0.3 is 6.09 Å². The van der Waals surface area contributed by atoms with E-state index in [1.165, 1.54) is 15.8 Å². The van der Waals surface area contributed by atoms with Crippen molar-refractivity contribution in [3.63, 3.8) is 0 Å². The van der Waals surface area contributed by atoms with Crippen LogP contribution in [0.5, 0.6) is 0 Å². The summed E-state index contributed by atoms with van der Waals surface area (Å²) in [6.45, 7) is 7.93. The lowest BCUT2D eigenvalue weighted by molar-refractivity contribution is -0.138. The van der Waals surface area contributed by atoms with Crippen LogP contribution in [0, 0.1) is 11.8 Å².